The molecule has 4 heteroatoms. The molecule has 0 N–H and O–H groups in total. The van der Waals surface area contributed by atoms with Crippen LogP contribution in [0.3, 0.4) is 0 Å². The molecule has 0 spiro atoms. The van der Waals surface area contributed by atoms with Gasteiger partial charge in [0.15, 0.2) is 0 Å². The molecule has 0 aliphatic heterocycles. The van der Waals surface area contributed by atoms with Crippen LogP contribution in [0.15, 0.2) is 53.4 Å². The number of hydrogen-bond acceptors (Lipinski definition) is 3. The summed E-state index contributed by atoms with van der Waals surface area (Å²) < 4.78 is 1.59. The maximum atomic E-state index is 12.6. The highest BCUT2D eigenvalue weighted by atomic mass is 32.1. The molecule has 0 bridgehead atoms. The number of aromatic nitrogens is 2. The van der Waals surface area contributed by atoms with Crippen LogP contribution < -0.4 is 5.56 Å². The van der Waals surface area contributed by atoms with Crippen LogP contribution in [-0.4, -0.2) is 9.55 Å². The summed E-state index contributed by atoms with van der Waals surface area (Å²) in [6.45, 7) is 8.51. The zero-order chi connectivity index (χ0) is 15.7. The van der Waals surface area contributed by atoms with Gasteiger partial charge in [0, 0.05) is 17.5 Å². The lowest BCUT2D eigenvalue weighted by Gasteiger charge is -2.07. The number of nitrogens with zero attached hydrogens (tertiary/aromatic N) is 2. The van der Waals surface area contributed by atoms with Crippen molar-refractivity contribution in [2.45, 2.75) is 26.3 Å². The molecule has 0 unspecified atom stereocenters. The second kappa shape index (κ2) is 5.89. The largest absolute Gasteiger partial charge is 0.295 e. The van der Waals surface area contributed by atoms with Crippen molar-refractivity contribution in [2.24, 2.45) is 0 Å². The SMILES string of the molecule is C=CCn1cnc2scc(-c3ccc(C(C)C)cc3)c2c1=O. The fourth-order valence-corrected chi connectivity index (χ4v) is 3.40. The average Bonchev–Trinajstić information content (AvgIpc) is 2.95. The van der Waals surface area contributed by atoms with Gasteiger partial charge < -0.3 is 0 Å². The Morgan fingerprint density at radius 3 is 2.68 bits per heavy atom. The van der Waals surface area contributed by atoms with Crippen molar-refractivity contribution in [1.29, 1.82) is 0 Å². The van der Waals surface area contributed by atoms with Gasteiger partial charge >= 0.3 is 0 Å². The summed E-state index contributed by atoms with van der Waals surface area (Å²) >= 11 is 1.51. The first-order valence-electron chi connectivity index (χ1n) is 7.29. The molecule has 0 aliphatic rings. The summed E-state index contributed by atoms with van der Waals surface area (Å²) in [4.78, 5) is 17.8. The standard InChI is InChI=1S/C18H18N2OS/c1-4-9-20-11-19-17-16(18(20)21)15(10-22-17)14-7-5-13(6-8-14)12(2)3/h4-8,10-12H,1,9H2,2-3H3. The fraction of sp³-hybridized carbons (Fsp3) is 0.222. The first-order valence-corrected chi connectivity index (χ1v) is 8.17. The van der Waals surface area contributed by atoms with Gasteiger partial charge in [-0.05, 0) is 17.0 Å². The first-order chi connectivity index (χ1) is 10.6. The van der Waals surface area contributed by atoms with E-state index >= 15 is 0 Å². The number of hydrogen-bond donors (Lipinski definition) is 0. The van der Waals surface area contributed by atoms with Crippen LogP contribution >= 0.6 is 11.3 Å². The zero-order valence-corrected chi connectivity index (χ0v) is 13.6. The van der Waals surface area contributed by atoms with Gasteiger partial charge in [0.05, 0.1) is 11.7 Å². The van der Waals surface area contributed by atoms with E-state index in [0.717, 1.165) is 16.0 Å². The molecule has 0 saturated heterocycles. The molecule has 2 heterocycles. The predicted octanol–water partition coefficient (Wildman–Crippen LogP) is 4.43. The smallest absolute Gasteiger partial charge is 0.262 e. The Bertz CT molecular complexity index is 872. The lowest BCUT2D eigenvalue weighted by Crippen LogP contribution is -2.19. The Labute approximate surface area is 133 Å². The summed E-state index contributed by atoms with van der Waals surface area (Å²) in [6.07, 6.45) is 3.30. The monoisotopic (exact) mass is 310 g/mol. The second-order valence-corrected chi connectivity index (χ2v) is 6.46. The highest BCUT2D eigenvalue weighted by Gasteiger charge is 2.13. The van der Waals surface area contributed by atoms with Gasteiger partial charge in [-0.3, -0.25) is 9.36 Å². The minimum absolute atomic E-state index is 0.00548. The van der Waals surface area contributed by atoms with Crippen molar-refractivity contribution in [2.75, 3.05) is 0 Å². The number of thiophene rings is 1. The third-order valence-electron chi connectivity index (χ3n) is 3.77. The van der Waals surface area contributed by atoms with Gasteiger partial charge in [0.25, 0.3) is 5.56 Å². The van der Waals surface area contributed by atoms with Crippen LogP contribution in [0.1, 0.15) is 25.3 Å². The minimum Gasteiger partial charge on any atom is -0.295 e. The van der Waals surface area contributed by atoms with E-state index < -0.39 is 0 Å². The molecule has 0 amide bonds. The average molecular weight is 310 g/mol. The number of fused-ring (bicyclic) bond motifs is 1. The van der Waals surface area contributed by atoms with Crippen molar-refractivity contribution in [3.63, 3.8) is 0 Å². The predicted molar refractivity (Wildman–Crippen MR) is 93.6 cm³/mol. The molecular formula is C18H18N2OS. The van der Waals surface area contributed by atoms with Gasteiger partial charge in [0.2, 0.25) is 0 Å². The van der Waals surface area contributed by atoms with Crippen molar-refractivity contribution < 1.29 is 0 Å². The van der Waals surface area contributed by atoms with Crippen molar-refractivity contribution in [3.8, 4) is 11.1 Å². The second-order valence-electron chi connectivity index (χ2n) is 5.60. The van der Waals surface area contributed by atoms with E-state index in [1.54, 1.807) is 17.0 Å². The number of rotatable bonds is 4. The van der Waals surface area contributed by atoms with E-state index in [1.165, 1.54) is 16.9 Å². The maximum absolute atomic E-state index is 12.6. The lowest BCUT2D eigenvalue weighted by atomic mass is 9.99. The summed E-state index contributed by atoms with van der Waals surface area (Å²) in [5.74, 6) is 0.500. The van der Waals surface area contributed by atoms with Crippen LogP contribution in [0.5, 0.6) is 0 Å². The molecule has 3 aromatic rings. The lowest BCUT2D eigenvalue weighted by molar-refractivity contribution is 0.769. The third kappa shape index (κ3) is 2.50. The van der Waals surface area contributed by atoms with Crippen molar-refractivity contribution in [3.05, 3.63) is 64.5 Å². The Morgan fingerprint density at radius 1 is 1.32 bits per heavy atom. The van der Waals surface area contributed by atoms with Crippen LogP contribution in [0.4, 0.5) is 0 Å². The first kappa shape index (κ1) is 14.7. The summed E-state index contributed by atoms with van der Waals surface area (Å²) in [5.41, 5.74) is 3.32. The molecule has 0 atom stereocenters. The van der Waals surface area contributed by atoms with Gasteiger partial charge in [-0.1, -0.05) is 44.2 Å². The molecule has 0 saturated carbocycles. The zero-order valence-electron chi connectivity index (χ0n) is 12.7. The number of allylic oxidation sites excluding steroid dienone is 1. The highest BCUT2D eigenvalue weighted by Crippen LogP contribution is 2.31. The summed E-state index contributed by atoms with van der Waals surface area (Å²) in [6, 6.07) is 8.42. The molecule has 0 aliphatic carbocycles. The van der Waals surface area contributed by atoms with E-state index in [-0.39, 0.29) is 5.56 Å². The molecule has 112 valence electrons. The van der Waals surface area contributed by atoms with E-state index in [4.69, 9.17) is 0 Å². The Hall–Kier alpha value is -2.20. The summed E-state index contributed by atoms with van der Waals surface area (Å²) in [7, 11) is 0. The normalized spacial score (nSPS) is 11.2. The molecule has 0 fully saturated rings. The van der Waals surface area contributed by atoms with E-state index in [0.29, 0.717) is 17.8 Å². The molecule has 3 nitrogen and oxygen atoms in total. The van der Waals surface area contributed by atoms with Crippen molar-refractivity contribution >= 4 is 21.6 Å². The Balaban J connectivity index is 2.16. The van der Waals surface area contributed by atoms with Gasteiger partial charge in [-0.25, -0.2) is 4.98 Å². The quantitative estimate of drug-likeness (QED) is 0.668. The van der Waals surface area contributed by atoms with E-state index in [2.05, 4.69) is 49.7 Å². The third-order valence-corrected chi connectivity index (χ3v) is 4.66. The van der Waals surface area contributed by atoms with Gasteiger partial charge in [0.1, 0.15) is 4.83 Å². The molecular weight excluding hydrogens is 292 g/mol. The van der Waals surface area contributed by atoms with Gasteiger partial charge in [-0.15, -0.1) is 17.9 Å². The summed E-state index contributed by atoms with van der Waals surface area (Å²) in [5, 5.41) is 2.72. The van der Waals surface area contributed by atoms with E-state index in [1.807, 2.05) is 5.38 Å². The highest BCUT2D eigenvalue weighted by molar-refractivity contribution is 7.17. The minimum atomic E-state index is -0.00548. The molecule has 1 aromatic carbocycles. The maximum Gasteiger partial charge on any atom is 0.262 e. The topological polar surface area (TPSA) is 34.9 Å². The van der Waals surface area contributed by atoms with Crippen LogP contribution in [-0.2, 0) is 6.54 Å². The van der Waals surface area contributed by atoms with E-state index in [9.17, 15) is 4.79 Å². The Kier molecular flexibility index (Phi) is 3.94. The molecule has 3 rings (SSSR count). The van der Waals surface area contributed by atoms with Crippen LogP contribution in [0.2, 0.25) is 0 Å². The molecule has 0 radical (unpaired) electrons. The number of benzene rings is 1. The van der Waals surface area contributed by atoms with Crippen LogP contribution in [0, 0.1) is 0 Å². The molecule has 22 heavy (non-hydrogen) atoms. The van der Waals surface area contributed by atoms with Gasteiger partial charge in [-0.2, -0.15) is 0 Å². The Morgan fingerprint density at radius 2 is 2.05 bits per heavy atom. The molecule has 2 aromatic heterocycles. The van der Waals surface area contributed by atoms with Crippen LogP contribution in [0.25, 0.3) is 21.3 Å². The van der Waals surface area contributed by atoms with Crippen molar-refractivity contribution in [1.82, 2.24) is 9.55 Å². The fourth-order valence-electron chi connectivity index (χ4n) is 2.50.